The van der Waals surface area contributed by atoms with Crippen molar-refractivity contribution in [1.29, 1.82) is 0 Å². The van der Waals surface area contributed by atoms with Crippen molar-refractivity contribution in [1.82, 2.24) is 5.32 Å². The number of carbonyl (C=O) groups is 1. The molecular formula is C14H11IN2O3. The van der Waals surface area contributed by atoms with Gasteiger partial charge < -0.3 is 5.32 Å². The van der Waals surface area contributed by atoms with Crippen LogP contribution in [-0.2, 0) is 6.54 Å². The zero-order chi connectivity index (χ0) is 14.5. The third-order valence-electron chi connectivity index (χ3n) is 2.73. The first kappa shape index (κ1) is 14.4. The van der Waals surface area contributed by atoms with E-state index in [-0.39, 0.29) is 18.1 Å². The van der Waals surface area contributed by atoms with E-state index in [1.165, 1.54) is 6.07 Å². The molecule has 0 heterocycles. The molecule has 0 bridgehead atoms. The van der Waals surface area contributed by atoms with E-state index < -0.39 is 4.92 Å². The molecule has 0 saturated heterocycles. The molecule has 6 heteroatoms. The second kappa shape index (κ2) is 6.47. The van der Waals surface area contributed by atoms with Crippen molar-refractivity contribution in [3.05, 3.63) is 73.3 Å². The van der Waals surface area contributed by atoms with Crippen LogP contribution in [-0.4, -0.2) is 10.8 Å². The molecule has 2 rings (SSSR count). The van der Waals surface area contributed by atoms with Crippen LogP contribution in [0.5, 0.6) is 0 Å². The van der Waals surface area contributed by atoms with Gasteiger partial charge in [-0.2, -0.15) is 0 Å². The van der Waals surface area contributed by atoms with Gasteiger partial charge in [0.05, 0.1) is 4.92 Å². The number of halogens is 1. The monoisotopic (exact) mass is 382 g/mol. The van der Waals surface area contributed by atoms with E-state index in [2.05, 4.69) is 27.9 Å². The van der Waals surface area contributed by atoms with Crippen molar-refractivity contribution in [3.63, 3.8) is 0 Å². The number of amides is 1. The van der Waals surface area contributed by atoms with Crippen LogP contribution < -0.4 is 5.32 Å². The van der Waals surface area contributed by atoms with E-state index in [0.717, 1.165) is 3.57 Å². The van der Waals surface area contributed by atoms with E-state index in [1.54, 1.807) is 30.3 Å². The summed E-state index contributed by atoms with van der Waals surface area (Å²) in [4.78, 5) is 22.3. The summed E-state index contributed by atoms with van der Waals surface area (Å²) in [6.07, 6.45) is 0. The number of nitro groups is 1. The van der Waals surface area contributed by atoms with Gasteiger partial charge in [0.2, 0.25) is 0 Å². The molecule has 1 N–H and O–H groups in total. The molecule has 0 aromatic heterocycles. The number of benzene rings is 2. The SMILES string of the molecule is O=C(NCc1ccccc1[N+](=O)[O-])c1ccc(I)cc1. The van der Waals surface area contributed by atoms with Crippen molar-refractivity contribution in [3.8, 4) is 0 Å². The maximum absolute atomic E-state index is 11.9. The Bertz CT molecular complexity index is 641. The topological polar surface area (TPSA) is 72.2 Å². The van der Waals surface area contributed by atoms with E-state index in [0.29, 0.717) is 11.1 Å². The Hall–Kier alpha value is -1.96. The van der Waals surface area contributed by atoms with Crippen LogP contribution in [0.25, 0.3) is 0 Å². The molecule has 0 aliphatic rings. The Morgan fingerprint density at radius 3 is 2.45 bits per heavy atom. The van der Waals surface area contributed by atoms with Crippen molar-refractivity contribution in [2.45, 2.75) is 6.54 Å². The summed E-state index contributed by atoms with van der Waals surface area (Å²) in [5, 5.41) is 13.6. The largest absolute Gasteiger partial charge is 0.348 e. The minimum atomic E-state index is -0.452. The Morgan fingerprint density at radius 2 is 1.80 bits per heavy atom. The Morgan fingerprint density at radius 1 is 1.15 bits per heavy atom. The molecule has 0 aliphatic carbocycles. The highest BCUT2D eigenvalue weighted by Crippen LogP contribution is 2.17. The normalized spacial score (nSPS) is 10.1. The van der Waals surface area contributed by atoms with Gasteiger partial charge in [0, 0.05) is 27.3 Å². The summed E-state index contributed by atoms with van der Waals surface area (Å²) < 4.78 is 1.04. The van der Waals surface area contributed by atoms with Crippen LogP contribution in [0.3, 0.4) is 0 Å². The summed E-state index contributed by atoms with van der Waals surface area (Å²) in [5.74, 6) is -0.250. The van der Waals surface area contributed by atoms with Crippen molar-refractivity contribution >= 4 is 34.2 Å². The molecule has 0 radical (unpaired) electrons. The lowest BCUT2D eigenvalue weighted by Crippen LogP contribution is -2.23. The zero-order valence-corrected chi connectivity index (χ0v) is 12.5. The lowest BCUT2D eigenvalue weighted by atomic mass is 10.1. The number of hydrogen-bond acceptors (Lipinski definition) is 3. The summed E-state index contributed by atoms with van der Waals surface area (Å²) in [5.41, 5.74) is 1.02. The minimum Gasteiger partial charge on any atom is -0.348 e. The average Bonchev–Trinajstić information content (AvgIpc) is 2.45. The molecule has 20 heavy (non-hydrogen) atoms. The van der Waals surface area contributed by atoms with Crippen molar-refractivity contribution in [2.75, 3.05) is 0 Å². The fourth-order valence-electron chi connectivity index (χ4n) is 1.72. The third kappa shape index (κ3) is 3.53. The first-order valence-electron chi connectivity index (χ1n) is 5.84. The predicted octanol–water partition coefficient (Wildman–Crippen LogP) is 3.13. The smallest absolute Gasteiger partial charge is 0.274 e. The quantitative estimate of drug-likeness (QED) is 0.502. The van der Waals surface area contributed by atoms with Crippen LogP contribution in [0, 0.1) is 13.7 Å². The van der Waals surface area contributed by atoms with E-state index in [9.17, 15) is 14.9 Å². The van der Waals surface area contributed by atoms with Gasteiger partial charge in [0.15, 0.2) is 0 Å². The molecular weight excluding hydrogens is 371 g/mol. The highest BCUT2D eigenvalue weighted by molar-refractivity contribution is 14.1. The number of rotatable bonds is 4. The second-order valence-electron chi connectivity index (χ2n) is 4.08. The lowest BCUT2D eigenvalue weighted by molar-refractivity contribution is -0.385. The van der Waals surface area contributed by atoms with Crippen LogP contribution in [0.2, 0.25) is 0 Å². The van der Waals surface area contributed by atoms with Crippen molar-refractivity contribution in [2.24, 2.45) is 0 Å². The Labute approximate surface area is 129 Å². The van der Waals surface area contributed by atoms with Gasteiger partial charge in [-0.1, -0.05) is 18.2 Å². The zero-order valence-electron chi connectivity index (χ0n) is 10.4. The molecule has 0 saturated carbocycles. The molecule has 2 aromatic carbocycles. The lowest BCUT2D eigenvalue weighted by Gasteiger charge is -2.06. The van der Waals surface area contributed by atoms with E-state index in [1.807, 2.05) is 12.1 Å². The van der Waals surface area contributed by atoms with E-state index in [4.69, 9.17) is 0 Å². The second-order valence-corrected chi connectivity index (χ2v) is 5.32. The van der Waals surface area contributed by atoms with Crippen molar-refractivity contribution < 1.29 is 9.72 Å². The summed E-state index contributed by atoms with van der Waals surface area (Å²) in [7, 11) is 0. The molecule has 5 nitrogen and oxygen atoms in total. The maximum atomic E-state index is 11.9. The van der Waals surface area contributed by atoms with Gasteiger partial charge in [0.25, 0.3) is 11.6 Å². The average molecular weight is 382 g/mol. The third-order valence-corrected chi connectivity index (χ3v) is 3.45. The van der Waals surface area contributed by atoms with Gasteiger partial charge >= 0.3 is 0 Å². The first-order chi connectivity index (χ1) is 9.58. The first-order valence-corrected chi connectivity index (χ1v) is 6.92. The maximum Gasteiger partial charge on any atom is 0.274 e. The standard InChI is InChI=1S/C14H11IN2O3/c15-12-7-5-10(6-8-12)14(18)16-9-11-3-1-2-4-13(11)17(19)20/h1-8H,9H2,(H,16,18). The van der Waals surface area contributed by atoms with Crippen LogP contribution in [0.1, 0.15) is 15.9 Å². The molecule has 0 aliphatic heterocycles. The van der Waals surface area contributed by atoms with E-state index >= 15 is 0 Å². The summed E-state index contributed by atoms with van der Waals surface area (Å²) in [6.45, 7) is 0.127. The fraction of sp³-hybridized carbons (Fsp3) is 0.0714. The molecule has 0 atom stereocenters. The number of hydrogen-bond donors (Lipinski definition) is 1. The van der Waals surface area contributed by atoms with Gasteiger partial charge in [-0.15, -0.1) is 0 Å². The predicted molar refractivity (Wildman–Crippen MR) is 83.4 cm³/mol. The number of nitrogens with zero attached hydrogens (tertiary/aromatic N) is 1. The molecule has 102 valence electrons. The number of nitrogens with one attached hydrogen (secondary N) is 1. The van der Waals surface area contributed by atoms with Gasteiger partial charge in [-0.25, -0.2) is 0 Å². The highest BCUT2D eigenvalue weighted by Gasteiger charge is 2.13. The number of para-hydroxylation sites is 1. The molecule has 1 amide bonds. The van der Waals surface area contributed by atoms with Gasteiger partial charge in [-0.3, -0.25) is 14.9 Å². The van der Waals surface area contributed by atoms with Gasteiger partial charge in [-0.05, 0) is 46.9 Å². The Kier molecular flexibility index (Phi) is 4.67. The molecule has 0 spiro atoms. The molecule has 0 fully saturated rings. The van der Waals surface area contributed by atoms with Crippen LogP contribution in [0.4, 0.5) is 5.69 Å². The summed E-state index contributed by atoms with van der Waals surface area (Å²) >= 11 is 2.16. The molecule has 0 unspecified atom stereocenters. The van der Waals surface area contributed by atoms with Crippen LogP contribution >= 0.6 is 22.6 Å². The Balaban J connectivity index is 2.07. The molecule has 2 aromatic rings. The summed E-state index contributed by atoms with van der Waals surface area (Å²) in [6, 6.07) is 13.5. The highest BCUT2D eigenvalue weighted by atomic mass is 127. The fourth-order valence-corrected chi connectivity index (χ4v) is 2.08. The number of nitro benzene ring substituents is 1. The minimum absolute atomic E-state index is 0.00964. The number of carbonyl (C=O) groups excluding carboxylic acids is 1. The van der Waals surface area contributed by atoms with Gasteiger partial charge in [0.1, 0.15) is 0 Å². The van der Waals surface area contributed by atoms with Crippen LogP contribution in [0.15, 0.2) is 48.5 Å².